The number of thioether (sulfide) groups is 1. The van der Waals surface area contributed by atoms with Crippen molar-refractivity contribution in [1.29, 1.82) is 0 Å². The number of nitrogens with zero attached hydrogens (tertiary/aromatic N) is 3. The van der Waals surface area contributed by atoms with E-state index in [4.69, 9.17) is 11.6 Å². The van der Waals surface area contributed by atoms with E-state index in [0.717, 1.165) is 22.0 Å². The number of rotatable bonds is 3. The van der Waals surface area contributed by atoms with E-state index in [0.29, 0.717) is 17.9 Å². The van der Waals surface area contributed by atoms with Crippen LogP contribution in [0.5, 0.6) is 0 Å². The van der Waals surface area contributed by atoms with Gasteiger partial charge in [0.05, 0.1) is 10.2 Å². The third kappa shape index (κ3) is 3.67. The molecule has 122 valence electrons. The van der Waals surface area contributed by atoms with Crippen LogP contribution >= 0.6 is 23.4 Å². The average molecular weight is 360 g/mol. The highest BCUT2D eigenvalue weighted by atomic mass is 35.5. The van der Waals surface area contributed by atoms with Crippen LogP contribution in [0.4, 0.5) is 13.2 Å². The summed E-state index contributed by atoms with van der Waals surface area (Å²) < 4.78 is 40.3. The van der Waals surface area contributed by atoms with Gasteiger partial charge in [-0.25, -0.2) is 4.98 Å². The third-order valence-corrected chi connectivity index (χ3v) is 4.68. The molecule has 1 aliphatic heterocycles. The molecule has 0 spiro atoms. The summed E-state index contributed by atoms with van der Waals surface area (Å²) in [5.41, 5.74) is 0.825. The van der Waals surface area contributed by atoms with Gasteiger partial charge in [0.2, 0.25) is 0 Å². The van der Waals surface area contributed by atoms with Crippen molar-refractivity contribution < 1.29 is 13.2 Å². The van der Waals surface area contributed by atoms with Gasteiger partial charge in [-0.1, -0.05) is 47.6 Å². The Morgan fingerprint density at radius 1 is 1.26 bits per heavy atom. The predicted molar refractivity (Wildman–Crippen MR) is 85.6 cm³/mol. The van der Waals surface area contributed by atoms with Gasteiger partial charge in [-0.05, 0) is 5.56 Å². The minimum Gasteiger partial charge on any atom is -0.362 e. The molecule has 0 atom stereocenters. The van der Waals surface area contributed by atoms with Gasteiger partial charge in [0.1, 0.15) is 5.82 Å². The molecular formula is C15H13ClF3N3S. The van der Waals surface area contributed by atoms with Crippen molar-refractivity contribution >= 4 is 23.4 Å². The summed E-state index contributed by atoms with van der Waals surface area (Å²) in [4.78, 5) is 5.77. The highest BCUT2D eigenvalue weighted by Crippen LogP contribution is 2.31. The highest BCUT2D eigenvalue weighted by molar-refractivity contribution is 8.04. The summed E-state index contributed by atoms with van der Waals surface area (Å²) in [6.07, 6.45) is -1.55. The van der Waals surface area contributed by atoms with E-state index < -0.39 is 11.9 Å². The first-order chi connectivity index (χ1) is 10.8. The van der Waals surface area contributed by atoms with Crippen LogP contribution in [0.15, 0.2) is 41.0 Å². The normalized spacial score (nSPS) is 15.2. The molecule has 3 nitrogen and oxygen atoms in total. The number of aromatic nitrogens is 2. The van der Waals surface area contributed by atoms with E-state index in [2.05, 4.69) is 9.88 Å². The van der Waals surface area contributed by atoms with E-state index in [1.165, 1.54) is 4.57 Å². The van der Waals surface area contributed by atoms with Crippen molar-refractivity contribution in [2.45, 2.75) is 12.7 Å². The molecule has 0 saturated heterocycles. The average Bonchev–Trinajstić information content (AvgIpc) is 3.06. The van der Waals surface area contributed by atoms with E-state index >= 15 is 0 Å². The molecule has 0 aliphatic carbocycles. The van der Waals surface area contributed by atoms with Crippen LogP contribution in [0.2, 0.25) is 0 Å². The first-order valence-corrected chi connectivity index (χ1v) is 8.13. The molecule has 3 rings (SSSR count). The zero-order valence-corrected chi connectivity index (χ0v) is 13.7. The zero-order valence-electron chi connectivity index (χ0n) is 12.1. The largest absolute Gasteiger partial charge is 0.434 e. The van der Waals surface area contributed by atoms with Crippen molar-refractivity contribution in [3.8, 4) is 11.4 Å². The van der Waals surface area contributed by atoms with Gasteiger partial charge in [0.25, 0.3) is 0 Å². The van der Waals surface area contributed by atoms with Crippen LogP contribution in [0.3, 0.4) is 0 Å². The summed E-state index contributed by atoms with van der Waals surface area (Å²) >= 11 is 7.48. The number of alkyl halides is 3. The highest BCUT2D eigenvalue weighted by Gasteiger charge is 2.34. The Kier molecular flexibility index (Phi) is 4.33. The predicted octanol–water partition coefficient (Wildman–Crippen LogP) is 4.65. The Labute approximate surface area is 140 Å². The molecule has 0 unspecified atom stereocenters. The number of hydrogen-bond donors (Lipinski definition) is 0. The fourth-order valence-electron chi connectivity index (χ4n) is 2.32. The quantitative estimate of drug-likeness (QED) is 0.796. The molecule has 2 heterocycles. The fourth-order valence-corrected chi connectivity index (χ4v) is 3.28. The molecule has 0 fully saturated rings. The van der Waals surface area contributed by atoms with Crippen molar-refractivity contribution in [2.75, 3.05) is 5.88 Å². The van der Waals surface area contributed by atoms with Crippen molar-refractivity contribution in [1.82, 2.24) is 14.5 Å². The van der Waals surface area contributed by atoms with Gasteiger partial charge in [0.15, 0.2) is 5.69 Å². The van der Waals surface area contributed by atoms with Gasteiger partial charge in [-0.2, -0.15) is 13.2 Å². The summed E-state index contributed by atoms with van der Waals surface area (Å²) in [6.45, 7) is 0.706. The van der Waals surface area contributed by atoms with Gasteiger partial charge in [-0.15, -0.1) is 0 Å². The smallest absolute Gasteiger partial charge is 0.362 e. The monoisotopic (exact) mass is 359 g/mol. The number of aryl methyl sites for hydroxylation is 1. The Hall–Kier alpha value is -1.60. The van der Waals surface area contributed by atoms with Crippen LogP contribution in [0.25, 0.3) is 11.4 Å². The lowest BCUT2D eigenvalue weighted by molar-refractivity contribution is -0.140. The standard InChI is InChI=1S/C15H13ClF3N3S/c1-21-7-12(15(17,18)19)20-14(21)11-4-2-10(3-5-11)6-22-8-13(16)23-9-22/h2-5,7-8H,6,9H2,1H3. The van der Waals surface area contributed by atoms with Crippen molar-refractivity contribution in [2.24, 2.45) is 7.05 Å². The van der Waals surface area contributed by atoms with E-state index in [1.807, 2.05) is 18.3 Å². The summed E-state index contributed by atoms with van der Waals surface area (Å²) in [5.74, 6) is 1.10. The molecule has 0 amide bonds. The lowest BCUT2D eigenvalue weighted by Gasteiger charge is -2.14. The molecule has 0 radical (unpaired) electrons. The minimum absolute atomic E-state index is 0.295. The number of hydrogen-bond acceptors (Lipinski definition) is 3. The Morgan fingerprint density at radius 3 is 2.48 bits per heavy atom. The minimum atomic E-state index is -4.44. The molecule has 0 bridgehead atoms. The molecule has 2 aromatic rings. The maximum absolute atomic E-state index is 12.7. The lowest BCUT2D eigenvalue weighted by atomic mass is 10.1. The van der Waals surface area contributed by atoms with Crippen LogP contribution in [0, 0.1) is 0 Å². The molecule has 1 aromatic carbocycles. The van der Waals surface area contributed by atoms with Crippen LogP contribution < -0.4 is 0 Å². The first-order valence-electron chi connectivity index (χ1n) is 6.77. The molecular weight excluding hydrogens is 347 g/mol. The second kappa shape index (κ2) is 6.13. The summed E-state index contributed by atoms with van der Waals surface area (Å²) in [7, 11) is 1.56. The molecule has 1 aromatic heterocycles. The first kappa shape index (κ1) is 16.3. The van der Waals surface area contributed by atoms with E-state index in [9.17, 15) is 13.2 Å². The molecule has 23 heavy (non-hydrogen) atoms. The van der Waals surface area contributed by atoms with Gasteiger partial charge >= 0.3 is 6.18 Å². The zero-order chi connectivity index (χ0) is 16.6. The molecule has 0 saturated carbocycles. The SMILES string of the molecule is Cn1cc(C(F)(F)F)nc1-c1ccc(CN2C=C(Cl)SC2)cc1. The fraction of sp³-hybridized carbons (Fsp3) is 0.267. The van der Waals surface area contributed by atoms with E-state index in [1.54, 1.807) is 30.9 Å². The topological polar surface area (TPSA) is 21.1 Å². The van der Waals surface area contributed by atoms with Crippen LogP contribution in [0.1, 0.15) is 11.3 Å². The number of benzene rings is 1. The molecule has 0 N–H and O–H groups in total. The number of halogens is 4. The summed E-state index contributed by atoms with van der Waals surface area (Å²) in [6, 6.07) is 7.35. The van der Waals surface area contributed by atoms with Gasteiger partial charge in [-0.3, -0.25) is 0 Å². The Bertz CT molecular complexity index is 737. The number of imidazole rings is 1. The molecule has 1 aliphatic rings. The Balaban J connectivity index is 1.78. The van der Waals surface area contributed by atoms with Crippen LogP contribution in [-0.4, -0.2) is 20.3 Å². The Morgan fingerprint density at radius 2 is 1.96 bits per heavy atom. The van der Waals surface area contributed by atoms with Crippen molar-refractivity contribution in [3.63, 3.8) is 0 Å². The maximum atomic E-state index is 12.7. The third-order valence-electron chi connectivity index (χ3n) is 3.42. The second-order valence-corrected chi connectivity index (χ2v) is 6.83. The lowest BCUT2D eigenvalue weighted by Crippen LogP contribution is -2.12. The second-order valence-electron chi connectivity index (χ2n) is 5.21. The van der Waals surface area contributed by atoms with Gasteiger partial charge in [0, 0.05) is 31.6 Å². The van der Waals surface area contributed by atoms with Crippen molar-refractivity contribution in [3.05, 3.63) is 52.3 Å². The van der Waals surface area contributed by atoms with Crippen LogP contribution in [-0.2, 0) is 19.8 Å². The van der Waals surface area contributed by atoms with Gasteiger partial charge < -0.3 is 9.47 Å². The summed E-state index contributed by atoms with van der Waals surface area (Å²) in [5, 5.41) is 0. The maximum Gasteiger partial charge on any atom is 0.434 e. The van der Waals surface area contributed by atoms with E-state index in [-0.39, 0.29) is 0 Å². The molecule has 8 heteroatoms.